The lowest BCUT2D eigenvalue weighted by molar-refractivity contribution is 0.0726. The summed E-state index contributed by atoms with van der Waals surface area (Å²) in [6.45, 7) is 4.63. The number of carbonyl (C=O) groups is 2. The maximum atomic E-state index is 12.6. The average molecular weight is 336 g/mol. The van der Waals surface area contributed by atoms with Crippen LogP contribution in [-0.4, -0.2) is 41.5 Å². The third kappa shape index (κ3) is 4.20. The van der Waals surface area contributed by atoms with Gasteiger partial charge in [0.25, 0.3) is 11.8 Å². The summed E-state index contributed by atoms with van der Waals surface area (Å²) < 4.78 is 5.04. The molecule has 0 radical (unpaired) electrons. The normalized spacial score (nSPS) is 10.6. The number of carbonyl (C=O) groups excluding carboxylic acids is 2. The van der Waals surface area contributed by atoms with Crippen LogP contribution in [0.2, 0.25) is 0 Å². The van der Waals surface area contributed by atoms with Gasteiger partial charge in [0.1, 0.15) is 0 Å². The van der Waals surface area contributed by atoms with E-state index in [1.165, 1.54) is 17.6 Å². The van der Waals surface area contributed by atoms with Crippen molar-refractivity contribution < 1.29 is 19.1 Å². The Bertz CT molecular complexity index is 658. The van der Waals surface area contributed by atoms with E-state index in [1.54, 1.807) is 23.1 Å². The number of aliphatic hydroxyl groups excluding tert-OH is 1. The Labute approximate surface area is 138 Å². The number of thiophene rings is 1. The molecule has 0 aliphatic carbocycles. The molecule has 0 aromatic carbocycles. The molecule has 7 heteroatoms. The van der Waals surface area contributed by atoms with Crippen LogP contribution < -0.4 is 5.32 Å². The molecule has 2 amide bonds. The van der Waals surface area contributed by atoms with Gasteiger partial charge in [-0.05, 0) is 37.1 Å². The lowest BCUT2D eigenvalue weighted by atomic mass is 10.2. The van der Waals surface area contributed by atoms with Crippen LogP contribution in [-0.2, 0) is 0 Å². The number of aryl methyl sites for hydroxylation is 1. The Balaban J connectivity index is 2.13. The fourth-order valence-electron chi connectivity index (χ4n) is 2.19. The number of aliphatic hydroxyl groups is 1. The van der Waals surface area contributed by atoms with Crippen molar-refractivity contribution in [1.29, 1.82) is 0 Å². The fraction of sp³-hybridized carbons (Fsp3) is 0.375. The van der Waals surface area contributed by atoms with Crippen LogP contribution in [0.3, 0.4) is 0 Å². The summed E-state index contributed by atoms with van der Waals surface area (Å²) in [6, 6.07) is 4.98. The second kappa shape index (κ2) is 7.94. The van der Waals surface area contributed by atoms with Crippen molar-refractivity contribution in [2.45, 2.75) is 20.3 Å². The fourth-order valence-corrected chi connectivity index (χ4v) is 3.22. The second-order valence-electron chi connectivity index (χ2n) is 5.07. The van der Waals surface area contributed by atoms with Crippen molar-refractivity contribution >= 4 is 28.2 Å². The molecule has 0 aliphatic heterocycles. The number of hydrogen-bond acceptors (Lipinski definition) is 5. The highest BCUT2D eigenvalue weighted by atomic mass is 32.1. The minimum Gasteiger partial charge on any atom is -0.459 e. The molecular formula is C16H20N2O4S. The monoisotopic (exact) mass is 336 g/mol. The van der Waals surface area contributed by atoms with Gasteiger partial charge in [-0.3, -0.25) is 9.59 Å². The van der Waals surface area contributed by atoms with Crippen molar-refractivity contribution in [3.05, 3.63) is 40.7 Å². The Morgan fingerprint density at radius 2 is 2.17 bits per heavy atom. The van der Waals surface area contributed by atoms with Crippen LogP contribution in [0.15, 0.2) is 28.9 Å². The van der Waals surface area contributed by atoms with Gasteiger partial charge >= 0.3 is 0 Å². The standard InChI is InChI=1S/C16H20N2O4S/c1-3-6-18(7-8-19)16(21)14-11(2)10-13(23-14)17-15(20)12-5-4-9-22-12/h4-5,9-10,19H,3,6-8H2,1-2H3,(H,17,20). The van der Waals surface area contributed by atoms with Crippen LogP contribution in [0.5, 0.6) is 0 Å². The number of anilines is 1. The highest BCUT2D eigenvalue weighted by Crippen LogP contribution is 2.28. The van der Waals surface area contributed by atoms with E-state index in [4.69, 9.17) is 9.52 Å². The SMILES string of the molecule is CCCN(CCO)C(=O)c1sc(NC(=O)c2ccco2)cc1C. The van der Waals surface area contributed by atoms with E-state index in [0.717, 1.165) is 12.0 Å². The summed E-state index contributed by atoms with van der Waals surface area (Å²) in [6.07, 6.45) is 2.25. The first-order valence-corrected chi connectivity index (χ1v) is 8.23. The van der Waals surface area contributed by atoms with Crippen molar-refractivity contribution in [2.24, 2.45) is 0 Å². The van der Waals surface area contributed by atoms with Crippen molar-refractivity contribution in [3.8, 4) is 0 Å². The van der Waals surface area contributed by atoms with Crippen molar-refractivity contribution in [1.82, 2.24) is 4.90 Å². The van der Waals surface area contributed by atoms with Crippen molar-refractivity contribution in [3.63, 3.8) is 0 Å². The summed E-state index contributed by atoms with van der Waals surface area (Å²) in [7, 11) is 0. The number of furan rings is 1. The molecule has 0 saturated heterocycles. The molecule has 23 heavy (non-hydrogen) atoms. The molecular weight excluding hydrogens is 316 g/mol. The molecule has 0 fully saturated rings. The largest absolute Gasteiger partial charge is 0.459 e. The van der Waals surface area contributed by atoms with E-state index < -0.39 is 0 Å². The molecule has 0 bridgehead atoms. The molecule has 0 saturated carbocycles. The van der Waals surface area contributed by atoms with E-state index in [-0.39, 0.29) is 24.2 Å². The third-order valence-electron chi connectivity index (χ3n) is 3.24. The molecule has 124 valence electrons. The first-order chi connectivity index (χ1) is 11.1. The van der Waals surface area contributed by atoms with Gasteiger partial charge in [0.2, 0.25) is 0 Å². The zero-order valence-corrected chi connectivity index (χ0v) is 14.0. The molecule has 0 aliphatic rings. The van der Waals surface area contributed by atoms with Gasteiger partial charge in [0.05, 0.1) is 22.7 Å². The van der Waals surface area contributed by atoms with E-state index in [2.05, 4.69) is 5.32 Å². The van der Waals surface area contributed by atoms with Gasteiger partial charge in [-0.15, -0.1) is 11.3 Å². The zero-order valence-electron chi connectivity index (χ0n) is 13.2. The minimum absolute atomic E-state index is 0.0712. The lowest BCUT2D eigenvalue weighted by Crippen LogP contribution is -2.34. The van der Waals surface area contributed by atoms with E-state index >= 15 is 0 Å². The maximum Gasteiger partial charge on any atom is 0.291 e. The Morgan fingerprint density at radius 3 is 2.78 bits per heavy atom. The number of nitrogens with one attached hydrogen (secondary N) is 1. The summed E-state index contributed by atoms with van der Waals surface area (Å²) in [5, 5.41) is 12.4. The van der Waals surface area contributed by atoms with Crippen LogP contribution in [0.1, 0.15) is 39.1 Å². The van der Waals surface area contributed by atoms with E-state index in [1.807, 2.05) is 13.8 Å². The molecule has 2 aromatic rings. The Hall–Kier alpha value is -2.12. The van der Waals surface area contributed by atoms with Crippen LogP contribution in [0.25, 0.3) is 0 Å². The predicted octanol–water partition coefficient (Wildman–Crippen LogP) is 2.75. The zero-order chi connectivity index (χ0) is 16.8. The molecule has 0 spiro atoms. The minimum atomic E-state index is -0.351. The lowest BCUT2D eigenvalue weighted by Gasteiger charge is -2.20. The van der Waals surface area contributed by atoms with Crippen LogP contribution in [0.4, 0.5) is 5.00 Å². The quantitative estimate of drug-likeness (QED) is 0.814. The summed E-state index contributed by atoms with van der Waals surface area (Å²) in [5.74, 6) is -0.255. The first-order valence-electron chi connectivity index (χ1n) is 7.42. The highest BCUT2D eigenvalue weighted by molar-refractivity contribution is 7.18. The molecule has 2 heterocycles. The smallest absolute Gasteiger partial charge is 0.291 e. The third-order valence-corrected chi connectivity index (χ3v) is 4.38. The van der Waals surface area contributed by atoms with Gasteiger partial charge in [-0.2, -0.15) is 0 Å². The molecule has 2 aromatic heterocycles. The molecule has 2 rings (SSSR count). The first kappa shape index (κ1) is 17.2. The topological polar surface area (TPSA) is 82.8 Å². The van der Waals surface area contributed by atoms with E-state index in [0.29, 0.717) is 23.0 Å². The molecule has 2 N–H and O–H groups in total. The highest BCUT2D eigenvalue weighted by Gasteiger charge is 2.20. The second-order valence-corrected chi connectivity index (χ2v) is 6.12. The Kier molecular flexibility index (Phi) is 5.95. The van der Waals surface area contributed by atoms with Gasteiger partial charge < -0.3 is 19.7 Å². The average Bonchev–Trinajstić information content (AvgIpc) is 3.16. The number of rotatable bonds is 7. The molecule has 6 nitrogen and oxygen atoms in total. The number of amides is 2. The summed E-state index contributed by atoms with van der Waals surface area (Å²) >= 11 is 1.23. The van der Waals surface area contributed by atoms with Gasteiger partial charge in [0, 0.05) is 13.1 Å². The summed E-state index contributed by atoms with van der Waals surface area (Å²) in [5.41, 5.74) is 0.800. The Morgan fingerprint density at radius 1 is 1.39 bits per heavy atom. The van der Waals surface area contributed by atoms with Gasteiger partial charge in [-0.1, -0.05) is 6.92 Å². The van der Waals surface area contributed by atoms with Gasteiger partial charge in [0.15, 0.2) is 5.76 Å². The van der Waals surface area contributed by atoms with Crippen molar-refractivity contribution in [2.75, 3.05) is 25.0 Å². The molecule has 0 atom stereocenters. The summed E-state index contributed by atoms with van der Waals surface area (Å²) in [4.78, 5) is 26.7. The molecule has 0 unspecified atom stereocenters. The van der Waals surface area contributed by atoms with Gasteiger partial charge in [-0.25, -0.2) is 0 Å². The van der Waals surface area contributed by atoms with Crippen LogP contribution in [0, 0.1) is 6.92 Å². The predicted molar refractivity (Wildman–Crippen MR) is 89.0 cm³/mol. The van der Waals surface area contributed by atoms with E-state index in [9.17, 15) is 9.59 Å². The van der Waals surface area contributed by atoms with Crippen LogP contribution >= 0.6 is 11.3 Å². The number of nitrogens with zero attached hydrogens (tertiary/aromatic N) is 1. The number of hydrogen-bond donors (Lipinski definition) is 2. The maximum absolute atomic E-state index is 12.6.